The molecule has 1 heterocycles. The summed E-state index contributed by atoms with van der Waals surface area (Å²) in [5.74, 6) is 1.02. The van der Waals surface area contributed by atoms with Gasteiger partial charge in [0, 0.05) is 17.8 Å². The van der Waals surface area contributed by atoms with Gasteiger partial charge in [0.2, 0.25) is 0 Å². The Morgan fingerprint density at radius 1 is 1.18 bits per heavy atom. The SMILES string of the molecule is COc1ccc(NC(=O)c2ccc3c(c2)S(=O)(=O)N=C(C)N3CC(C)C)cc1. The van der Waals surface area contributed by atoms with E-state index in [1.165, 1.54) is 6.07 Å². The van der Waals surface area contributed by atoms with Crippen LogP contribution in [0.1, 0.15) is 31.1 Å². The minimum absolute atomic E-state index is 0.0427. The fraction of sp³-hybridized carbons (Fsp3) is 0.300. The topological polar surface area (TPSA) is 88.1 Å². The number of benzene rings is 2. The van der Waals surface area contributed by atoms with Crippen molar-refractivity contribution in [1.82, 2.24) is 0 Å². The van der Waals surface area contributed by atoms with E-state index in [9.17, 15) is 13.2 Å². The number of nitrogens with one attached hydrogen (secondary N) is 1. The Bertz CT molecular complexity index is 1030. The zero-order valence-corrected chi connectivity index (χ0v) is 17.1. The van der Waals surface area contributed by atoms with Gasteiger partial charge in [-0.1, -0.05) is 13.8 Å². The van der Waals surface area contributed by atoms with Gasteiger partial charge in [-0.2, -0.15) is 8.42 Å². The minimum Gasteiger partial charge on any atom is -0.497 e. The monoisotopic (exact) mass is 401 g/mol. The van der Waals surface area contributed by atoms with Crippen LogP contribution in [0, 0.1) is 5.92 Å². The average Bonchev–Trinajstić information content (AvgIpc) is 2.65. The number of carbonyl (C=O) groups excluding carboxylic acids is 1. The van der Waals surface area contributed by atoms with Crippen molar-refractivity contribution in [3.8, 4) is 5.75 Å². The first kappa shape index (κ1) is 19.9. The Hall–Kier alpha value is -2.87. The third-order valence-electron chi connectivity index (χ3n) is 4.33. The summed E-state index contributed by atoms with van der Waals surface area (Å²) in [5.41, 5.74) is 1.38. The first-order valence-electron chi connectivity index (χ1n) is 8.90. The van der Waals surface area contributed by atoms with Crippen molar-refractivity contribution >= 4 is 33.1 Å². The highest BCUT2D eigenvalue weighted by atomic mass is 32.2. The summed E-state index contributed by atoms with van der Waals surface area (Å²) in [6.45, 7) is 6.40. The second-order valence-electron chi connectivity index (χ2n) is 6.98. The predicted octanol–water partition coefficient (Wildman–Crippen LogP) is 3.53. The molecule has 1 aliphatic heterocycles. The lowest BCUT2D eigenvalue weighted by atomic mass is 10.1. The van der Waals surface area contributed by atoms with Gasteiger partial charge in [-0.15, -0.1) is 4.40 Å². The molecular weight excluding hydrogens is 378 g/mol. The molecule has 1 amide bonds. The molecule has 0 unspecified atom stereocenters. The van der Waals surface area contributed by atoms with Crippen molar-refractivity contribution in [1.29, 1.82) is 0 Å². The zero-order chi connectivity index (χ0) is 20.5. The number of carbonyl (C=O) groups is 1. The standard InChI is InChI=1S/C20H23N3O4S/c1-13(2)12-23-14(3)22-28(25,26)19-11-15(5-10-18(19)23)20(24)21-16-6-8-17(27-4)9-7-16/h5-11,13H,12H2,1-4H3,(H,21,24). The lowest BCUT2D eigenvalue weighted by Crippen LogP contribution is -2.36. The van der Waals surface area contributed by atoms with Crippen LogP contribution in [-0.4, -0.2) is 33.8 Å². The van der Waals surface area contributed by atoms with Crippen molar-refractivity contribution in [2.75, 3.05) is 23.9 Å². The van der Waals surface area contributed by atoms with Crippen molar-refractivity contribution in [2.24, 2.45) is 10.3 Å². The van der Waals surface area contributed by atoms with Crippen LogP contribution in [0.3, 0.4) is 0 Å². The molecule has 148 valence electrons. The van der Waals surface area contributed by atoms with E-state index < -0.39 is 15.9 Å². The van der Waals surface area contributed by atoms with E-state index in [4.69, 9.17) is 4.74 Å². The van der Waals surface area contributed by atoms with Gasteiger partial charge < -0.3 is 15.0 Å². The van der Waals surface area contributed by atoms with Crippen molar-refractivity contribution in [2.45, 2.75) is 25.7 Å². The predicted molar refractivity (Wildman–Crippen MR) is 110 cm³/mol. The number of amides is 1. The van der Waals surface area contributed by atoms with Gasteiger partial charge in [0.15, 0.2) is 0 Å². The summed E-state index contributed by atoms with van der Waals surface area (Å²) in [4.78, 5) is 14.5. The molecule has 0 fully saturated rings. The fourth-order valence-electron chi connectivity index (χ4n) is 3.00. The molecule has 2 aromatic carbocycles. The first-order chi connectivity index (χ1) is 13.2. The summed E-state index contributed by atoms with van der Waals surface area (Å²) < 4.78 is 34.1. The molecule has 28 heavy (non-hydrogen) atoms. The number of nitrogens with zero attached hydrogens (tertiary/aromatic N) is 2. The van der Waals surface area contributed by atoms with Gasteiger partial charge in [-0.05, 0) is 55.3 Å². The zero-order valence-electron chi connectivity index (χ0n) is 16.3. The number of ether oxygens (including phenoxy) is 1. The van der Waals surface area contributed by atoms with Gasteiger partial charge in [-0.3, -0.25) is 4.79 Å². The number of methoxy groups -OCH3 is 1. The lowest BCUT2D eigenvalue weighted by molar-refractivity contribution is 0.102. The van der Waals surface area contributed by atoms with Gasteiger partial charge >= 0.3 is 0 Å². The Balaban J connectivity index is 1.92. The Morgan fingerprint density at radius 2 is 1.86 bits per heavy atom. The van der Waals surface area contributed by atoms with Crippen LogP contribution in [0.15, 0.2) is 51.8 Å². The molecule has 0 atom stereocenters. The molecule has 7 nitrogen and oxygen atoms in total. The maximum Gasteiger partial charge on any atom is 0.286 e. The van der Waals surface area contributed by atoms with E-state index in [0.717, 1.165) is 0 Å². The quantitative estimate of drug-likeness (QED) is 0.828. The van der Waals surface area contributed by atoms with Crippen molar-refractivity contribution < 1.29 is 17.9 Å². The molecule has 2 aromatic rings. The van der Waals surface area contributed by atoms with Gasteiger partial charge in [0.05, 0.1) is 12.8 Å². The van der Waals surface area contributed by atoms with Crippen LogP contribution < -0.4 is 15.0 Å². The highest BCUT2D eigenvalue weighted by Crippen LogP contribution is 2.33. The maximum absolute atomic E-state index is 12.6. The van der Waals surface area contributed by atoms with Crippen LogP contribution in [-0.2, 0) is 10.0 Å². The van der Waals surface area contributed by atoms with Crippen LogP contribution in [0.25, 0.3) is 0 Å². The molecule has 0 aromatic heterocycles. The Kier molecular flexibility index (Phi) is 5.42. The van der Waals surface area contributed by atoms with Crippen molar-refractivity contribution in [3.05, 3.63) is 48.0 Å². The van der Waals surface area contributed by atoms with E-state index in [1.54, 1.807) is 50.4 Å². The van der Waals surface area contributed by atoms with Gasteiger partial charge in [0.25, 0.3) is 15.9 Å². The molecule has 0 spiro atoms. The molecule has 0 bridgehead atoms. The average molecular weight is 401 g/mol. The van der Waals surface area contributed by atoms with Crippen molar-refractivity contribution in [3.63, 3.8) is 0 Å². The molecule has 0 saturated carbocycles. The number of fused-ring (bicyclic) bond motifs is 1. The van der Waals surface area contributed by atoms with E-state index in [-0.39, 0.29) is 10.5 Å². The number of hydrogen-bond donors (Lipinski definition) is 1. The summed E-state index contributed by atoms with van der Waals surface area (Å²) in [6, 6.07) is 11.6. The first-order valence-corrected chi connectivity index (χ1v) is 10.3. The number of anilines is 2. The Morgan fingerprint density at radius 3 is 2.46 bits per heavy atom. The molecule has 3 rings (SSSR count). The maximum atomic E-state index is 12.6. The highest BCUT2D eigenvalue weighted by molar-refractivity contribution is 7.90. The second-order valence-corrected chi connectivity index (χ2v) is 8.56. The second kappa shape index (κ2) is 7.63. The third kappa shape index (κ3) is 4.01. The highest BCUT2D eigenvalue weighted by Gasteiger charge is 2.30. The molecule has 8 heteroatoms. The third-order valence-corrected chi connectivity index (χ3v) is 5.72. The smallest absolute Gasteiger partial charge is 0.286 e. The Labute approximate surface area is 165 Å². The molecular formula is C20H23N3O4S. The largest absolute Gasteiger partial charge is 0.497 e. The summed E-state index contributed by atoms with van der Waals surface area (Å²) >= 11 is 0. The van der Waals surface area contributed by atoms with Crippen LogP contribution in [0.4, 0.5) is 11.4 Å². The summed E-state index contributed by atoms with van der Waals surface area (Å²) in [7, 11) is -2.28. The van der Waals surface area contributed by atoms with Gasteiger partial charge in [0.1, 0.15) is 16.5 Å². The molecule has 0 saturated heterocycles. The summed E-state index contributed by atoms with van der Waals surface area (Å²) in [5, 5.41) is 2.76. The minimum atomic E-state index is -3.85. The molecule has 1 N–H and O–H groups in total. The lowest BCUT2D eigenvalue weighted by Gasteiger charge is -2.30. The number of sulfonamides is 1. The normalized spacial score (nSPS) is 15.0. The van der Waals surface area contributed by atoms with E-state index in [0.29, 0.717) is 35.4 Å². The molecule has 1 aliphatic rings. The number of rotatable bonds is 5. The van der Waals surface area contributed by atoms with E-state index in [1.807, 2.05) is 18.7 Å². The van der Waals surface area contributed by atoms with Crippen LogP contribution in [0.5, 0.6) is 5.75 Å². The number of hydrogen-bond acceptors (Lipinski definition) is 5. The summed E-state index contributed by atoms with van der Waals surface area (Å²) in [6.07, 6.45) is 0. The van der Waals surface area contributed by atoms with Crippen LogP contribution >= 0.6 is 0 Å². The fourth-order valence-corrected chi connectivity index (χ4v) is 4.27. The van der Waals surface area contributed by atoms with Crippen LogP contribution in [0.2, 0.25) is 0 Å². The molecule has 0 radical (unpaired) electrons. The number of amidine groups is 1. The molecule has 0 aliphatic carbocycles. The van der Waals surface area contributed by atoms with E-state index >= 15 is 0 Å². The van der Waals surface area contributed by atoms with E-state index in [2.05, 4.69) is 9.71 Å². The van der Waals surface area contributed by atoms with Gasteiger partial charge in [-0.25, -0.2) is 0 Å².